The number of hydrogen-bond donors (Lipinski definition) is 1. The van der Waals surface area contributed by atoms with Crippen molar-refractivity contribution in [2.75, 3.05) is 23.7 Å². The number of halogens is 1. The van der Waals surface area contributed by atoms with E-state index in [0.29, 0.717) is 12.2 Å². The highest BCUT2D eigenvalue weighted by molar-refractivity contribution is 7.92. The van der Waals surface area contributed by atoms with E-state index in [9.17, 15) is 13.2 Å². The van der Waals surface area contributed by atoms with E-state index in [1.54, 1.807) is 24.3 Å². The van der Waals surface area contributed by atoms with Crippen LogP contribution in [0.2, 0.25) is 5.02 Å². The second-order valence-corrected chi connectivity index (χ2v) is 8.47. The summed E-state index contributed by atoms with van der Waals surface area (Å²) in [5.41, 5.74) is 2.72. The van der Waals surface area contributed by atoms with Gasteiger partial charge in [-0.25, -0.2) is 8.42 Å². The van der Waals surface area contributed by atoms with Gasteiger partial charge in [-0.2, -0.15) is 0 Å². The van der Waals surface area contributed by atoms with Crippen molar-refractivity contribution in [3.05, 3.63) is 64.7 Å². The zero-order valence-electron chi connectivity index (χ0n) is 14.9. The fourth-order valence-corrected chi connectivity index (χ4v) is 3.65. The lowest BCUT2D eigenvalue weighted by molar-refractivity contribution is -0.119. The number of nitrogens with one attached hydrogen (secondary N) is 1. The Labute approximate surface area is 160 Å². The van der Waals surface area contributed by atoms with Crippen molar-refractivity contribution >= 4 is 33.2 Å². The van der Waals surface area contributed by atoms with E-state index >= 15 is 0 Å². The van der Waals surface area contributed by atoms with Gasteiger partial charge in [-0.3, -0.25) is 9.10 Å². The van der Waals surface area contributed by atoms with E-state index in [2.05, 4.69) is 29.6 Å². The van der Waals surface area contributed by atoms with Gasteiger partial charge < -0.3 is 5.32 Å². The Bertz CT molecular complexity index is 851. The van der Waals surface area contributed by atoms with Gasteiger partial charge in [0.05, 0.1) is 17.0 Å². The molecule has 2 aromatic carbocycles. The summed E-state index contributed by atoms with van der Waals surface area (Å²) >= 11 is 6.08. The molecule has 0 saturated heterocycles. The van der Waals surface area contributed by atoms with Gasteiger partial charge in [0.2, 0.25) is 15.9 Å². The summed E-state index contributed by atoms with van der Waals surface area (Å²) < 4.78 is 25.1. The van der Waals surface area contributed by atoms with E-state index in [4.69, 9.17) is 11.6 Å². The Hall–Kier alpha value is -2.05. The monoisotopic (exact) mass is 394 g/mol. The zero-order chi connectivity index (χ0) is 19.2. The first-order chi connectivity index (χ1) is 12.3. The molecule has 0 radical (unpaired) electrons. The van der Waals surface area contributed by atoms with Crippen molar-refractivity contribution in [3.63, 3.8) is 0 Å². The van der Waals surface area contributed by atoms with Gasteiger partial charge in [0.1, 0.15) is 6.54 Å². The van der Waals surface area contributed by atoms with Crippen molar-refractivity contribution in [1.82, 2.24) is 5.32 Å². The summed E-state index contributed by atoms with van der Waals surface area (Å²) in [6.45, 7) is 2.22. The summed E-state index contributed by atoms with van der Waals surface area (Å²) in [5, 5.41) is 3.05. The van der Waals surface area contributed by atoms with Gasteiger partial charge in [-0.15, -0.1) is 0 Å². The molecule has 2 rings (SSSR count). The summed E-state index contributed by atoms with van der Waals surface area (Å²) in [7, 11) is -3.63. The molecule has 0 spiro atoms. The molecule has 0 aliphatic carbocycles. The Balaban J connectivity index is 1.89. The molecule has 0 bridgehead atoms. The van der Waals surface area contributed by atoms with E-state index in [1.807, 2.05) is 6.92 Å². The van der Waals surface area contributed by atoms with E-state index in [1.165, 1.54) is 11.1 Å². The second kappa shape index (κ2) is 9.05. The minimum atomic E-state index is -3.63. The van der Waals surface area contributed by atoms with Gasteiger partial charge in [-0.05, 0) is 37.5 Å². The Morgan fingerprint density at radius 2 is 1.77 bits per heavy atom. The summed E-state index contributed by atoms with van der Waals surface area (Å²) in [6, 6.07) is 14.8. The number of amides is 1. The molecule has 1 amide bonds. The number of nitrogens with zero attached hydrogens (tertiary/aromatic N) is 1. The van der Waals surface area contributed by atoms with Crippen molar-refractivity contribution < 1.29 is 13.2 Å². The van der Waals surface area contributed by atoms with Crippen LogP contribution in [0.15, 0.2) is 48.5 Å². The number of para-hydroxylation sites is 1. The quantitative estimate of drug-likeness (QED) is 0.699. The van der Waals surface area contributed by atoms with Crippen LogP contribution < -0.4 is 9.62 Å². The molecule has 0 heterocycles. The molecule has 0 unspecified atom stereocenters. The van der Waals surface area contributed by atoms with E-state index < -0.39 is 10.0 Å². The summed E-state index contributed by atoms with van der Waals surface area (Å²) in [5.74, 6) is -0.362. The van der Waals surface area contributed by atoms with Crippen molar-refractivity contribution in [3.8, 4) is 0 Å². The average molecular weight is 395 g/mol. The highest BCUT2D eigenvalue weighted by atomic mass is 35.5. The van der Waals surface area contributed by atoms with Crippen LogP contribution in [0.3, 0.4) is 0 Å². The molecular weight excluding hydrogens is 372 g/mol. The number of rotatable bonds is 8. The molecule has 0 aromatic heterocycles. The first-order valence-corrected chi connectivity index (χ1v) is 10.5. The lowest BCUT2D eigenvalue weighted by atomic mass is 10.1. The van der Waals surface area contributed by atoms with E-state index in [0.717, 1.165) is 23.4 Å². The molecule has 0 atom stereocenters. The number of aryl methyl sites for hydroxylation is 2. The first-order valence-electron chi connectivity index (χ1n) is 8.32. The molecule has 5 nitrogen and oxygen atoms in total. The maximum absolute atomic E-state index is 12.2. The minimum Gasteiger partial charge on any atom is -0.355 e. The molecule has 2 aromatic rings. The van der Waals surface area contributed by atoms with Crippen LogP contribution >= 0.6 is 11.6 Å². The zero-order valence-corrected chi connectivity index (χ0v) is 16.5. The summed E-state index contributed by atoms with van der Waals surface area (Å²) in [4.78, 5) is 12.2. The van der Waals surface area contributed by atoms with Crippen LogP contribution in [-0.4, -0.2) is 33.7 Å². The second-order valence-electron chi connectivity index (χ2n) is 6.16. The van der Waals surface area contributed by atoms with Crippen LogP contribution in [0.5, 0.6) is 0 Å². The van der Waals surface area contributed by atoms with Gasteiger partial charge in [-0.1, -0.05) is 53.6 Å². The normalized spacial score (nSPS) is 11.2. The van der Waals surface area contributed by atoms with Crippen LogP contribution in [0, 0.1) is 6.92 Å². The standard InChI is InChI=1S/C19H23ClN2O3S/c1-15-9-11-16(12-10-15)6-5-13-21-19(23)14-22(26(2,24)25)18-8-4-3-7-17(18)20/h3-4,7-12H,5-6,13-14H2,1-2H3,(H,21,23). The number of benzene rings is 2. The fraction of sp³-hybridized carbons (Fsp3) is 0.316. The van der Waals surface area contributed by atoms with E-state index in [-0.39, 0.29) is 17.5 Å². The maximum atomic E-state index is 12.2. The molecule has 0 saturated carbocycles. The molecule has 0 aliphatic heterocycles. The predicted octanol–water partition coefficient (Wildman–Crippen LogP) is 3.16. The number of sulfonamides is 1. The Kier molecular flexibility index (Phi) is 7.06. The van der Waals surface area contributed by atoms with Crippen molar-refractivity contribution in [1.29, 1.82) is 0 Å². The lowest BCUT2D eigenvalue weighted by Crippen LogP contribution is -2.40. The van der Waals surface area contributed by atoms with Gasteiger partial charge in [0.15, 0.2) is 0 Å². The highest BCUT2D eigenvalue weighted by Crippen LogP contribution is 2.26. The maximum Gasteiger partial charge on any atom is 0.240 e. The topological polar surface area (TPSA) is 66.5 Å². The van der Waals surface area contributed by atoms with Crippen molar-refractivity contribution in [2.24, 2.45) is 0 Å². The van der Waals surface area contributed by atoms with Crippen LogP contribution in [0.4, 0.5) is 5.69 Å². The number of carbonyl (C=O) groups excluding carboxylic acids is 1. The van der Waals surface area contributed by atoms with Crippen LogP contribution in [0.1, 0.15) is 17.5 Å². The van der Waals surface area contributed by atoms with Crippen LogP contribution in [0.25, 0.3) is 0 Å². The van der Waals surface area contributed by atoms with Gasteiger partial charge >= 0.3 is 0 Å². The third-order valence-electron chi connectivity index (χ3n) is 3.89. The third kappa shape index (κ3) is 6.04. The molecule has 1 N–H and O–H groups in total. The van der Waals surface area contributed by atoms with Crippen molar-refractivity contribution in [2.45, 2.75) is 19.8 Å². The van der Waals surface area contributed by atoms with Crippen LogP contribution in [-0.2, 0) is 21.2 Å². The molecular formula is C19H23ClN2O3S. The lowest BCUT2D eigenvalue weighted by Gasteiger charge is -2.22. The molecule has 0 aliphatic rings. The fourth-order valence-electron chi connectivity index (χ4n) is 2.50. The molecule has 26 heavy (non-hydrogen) atoms. The average Bonchev–Trinajstić information content (AvgIpc) is 2.58. The smallest absolute Gasteiger partial charge is 0.240 e. The number of hydrogen-bond acceptors (Lipinski definition) is 3. The largest absolute Gasteiger partial charge is 0.355 e. The first kappa shape index (κ1) is 20.3. The molecule has 7 heteroatoms. The third-order valence-corrected chi connectivity index (χ3v) is 5.34. The van der Waals surface area contributed by atoms with Gasteiger partial charge in [0, 0.05) is 6.54 Å². The Morgan fingerprint density at radius 1 is 1.12 bits per heavy atom. The Morgan fingerprint density at radius 3 is 2.38 bits per heavy atom. The predicted molar refractivity (Wildman–Crippen MR) is 106 cm³/mol. The summed E-state index contributed by atoms with van der Waals surface area (Å²) in [6.07, 6.45) is 2.68. The SMILES string of the molecule is Cc1ccc(CCCNC(=O)CN(c2ccccc2Cl)S(C)(=O)=O)cc1. The molecule has 140 valence electrons. The molecule has 0 fully saturated rings. The number of anilines is 1. The van der Waals surface area contributed by atoms with Gasteiger partial charge in [0.25, 0.3) is 0 Å². The highest BCUT2D eigenvalue weighted by Gasteiger charge is 2.22. The minimum absolute atomic E-state index is 0.282. The number of carbonyl (C=O) groups is 1.